The number of sulfonamides is 1. The summed E-state index contributed by atoms with van der Waals surface area (Å²) in [5.74, 6) is -3.34. The van der Waals surface area contributed by atoms with E-state index in [0.29, 0.717) is 0 Å². The van der Waals surface area contributed by atoms with Gasteiger partial charge in [0.05, 0.1) is 4.90 Å². The van der Waals surface area contributed by atoms with Gasteiger partial charge in [0, 0.05) is 0 Å². The number of aliphatic hydroxyl groups is 3. The lowest BCUT2D eigenvalue weighted by Gasteiger charge is -2.40. The summed E-state index contributed by atoms with van der Waals surface area (Å²) in [5.41, 5.74) is 0.735. The maximum atomic E-state index is 12.6. The van der Waals surface area contributed by atoms with Crippen LogP contribution in [0.15, 0.2) is 29.2 Å². The number of hydrogen-bond donors (Lipinski definition) is 4. The smallest absolute Gasteiger partial charge is 0.330 e. The molecule has 1 aromatic carbocycles. The number of carboxylic acid groups (broad SMARTS) is 1. The van der Waals surface area contributed by atoms with Crippen LogP contribution in [0, 0.1) is 6.92 Å². The van der Waals surface area contributed by atoms with E-state index in [1.165, 1.54) is 24.3 Å². The van der Waals surface area contributed by atoms with Crippen molar-refractivity contribution in [1.29, 1.82) is 0 Å². The lowest BCUT2D eigenvalue weighted by atomic mass is 9.95. The first-order valence-electron chi connectivity index (χ1n) is 6.51. The third kappa shape index (κ3) is 2.81. The highest BCUT2D eigenvalue weighted by atomic mass is 32.2. The van der Waals surface area contributed by atoms with Gasteiger partial charge in [-0.15, -0.1) is 0 Å². The largest absolute Gasteiger partial charge is 0.480 e. The number of aliphatic hydroxyl groups excluding tert-OH is 3. The van der Waals surface area contributed by atoms with Crippen molar-refractivity contribution in [3.05, 3.63) is 29.8 Å². The van der Waals surface area contributed by atoms with Crippen LogP contribution in [0.1, 0.15) is 5.56 Å². The fourth-order valence-electron chi connectivity index (χ4n) is 2.26. The van der Waals surface area contributed by atoms with Crippen LogP contribution in [0.2, 0.25) is 0 Å². The molecule has 2 rings (SSSR count). The van der Waals surface area contributed by atoms with Gasteiger partial charge in [0.1, 0.15) is 12.2 Å². The number of aryl methyl sites for hydroxylation is 1. The molecule has 1 aromatic rings. The number of nitrogens with zero attached hydrogens (tertiary/aromatic N) is 1. The zero-order valence-corrected chi connectivity index (χ0v) is 12.7. The zero-order valence-electron chi connectivity index (χ0n) is 11.9. The van der Waals surface area contributed by atoms with Gasteiger partial charge in [-0.3, -0.25) is 4.79 Å². The Labute approximate surface area is 131 Å². The highest BCUT2D eigenvalue weighted by Gasteiger charge is 2.54. The molecule has 23 heavy (non-hydrogen) atoms. The van der Waals surface area contributed by atoms with E-state index in [0.717, 1.165) is 5.56 Å². The summed E-state index contributed by atoms with van der Waals surface area (Å²) in [6.45, 7) is 1.70. The van der Waals surface area contributed by atoms with Crippen LogP contribution in [0.25, 0.3) is 0 Å². The van der Waals surface area contributed by atoms with Gasteiger partial charge in [0.25, 0.3) is 15.9 Å². The third-order valence-electron chi connectivity index (χ3n) is 3.55. The van der Waals surface area contributed by atoms with Crippen molar-refractivity contribution >= 4 is 21.9 Å². The monoisotopic (exact) mass is 345 g/mol. The van der Waals surface area contributed by atoms with Gasteiger partial charge in [0.15, 0.2) is 12.1 Å². The number of rotatable bonds is 3. The van der Waals surface area contributed by atoms with Crippen LogP contribution < -0.4 is 0 Å². The summed E-state index contributed by atoms with van der Waals surface area (Å²) in [4.78, 5) is 23.0. The molecule has 0 saturated carbocycles. The molecule has 10 heteroatoms. The summed E-state index contributed by atoms with van der Waals surface area (Å²) in [6, 6.07) is 2.98. The summed E-state index contributed by atoms with van der Waals surface area (Å²) >= 11 is 0. The van der Waals surface area contributed by atoms with E-state index in [4.69, 9.17) is 5.11 Å². The number of carbonyl (C=O) groups excluding carboxylic acids is 1. The minimum Gasteiger partial charge on any atom is -0.480 e. The molecule has 0 spiro atoms. The minimum atomic E-state index is -4.64. The van der Waals surface area contributed by atoms with E-state index in [-0.39, 0.29) is 9.20 Å². The second kappa shape index (κ2) is 5.89. The first-order valence-corrected chi connectivity index (χ1v) is 7.95. The summed E-state index contributed by atoms with van der Waals surface area (Å²) in [6.07, 6.45) is -6.52. The van der Waals surface area contributed by atoms with Crippen LogP contribution in [0.3, 0.4) is 0 Å². The van der Waals surface area contributed by atoms with Gasteiger partial charge in [0.2, 0.25) is 0 Å². The van der Waals surface area contributed by atoms with Gasteiger partial charge in [-0.2, -0.15) is 0 Å². The van der Waals surface area contributed by atoms with E-state index < -0.39 is 46.3 Å². The van der Waals surface area contributed by atoms with E-state index >= 15 is 0 Å². The maximum absolute atomic E-state index is 12.6. The van der Waals surface area contributed by atoms with Gasteiger partial charge in [-0.05, 0) is 19.1 Å². The average molecular weight is 345 g/mol. The Hall–Kier alpha value is -2.01. The van der Waals surface area contributed by atoms with Gasteiger partial charge >= 0.3 is 5.97 Å². The molecular weight excluding hydrogens is 330 g/mol. The van der Waals surface area contributed by atoms with Crippen molar-refractivity contribution < 1.29 is 38.4 Å². The lowest BCUT2D eigenvalue weighted by Crippen LogP contribution is -2.67. The quantitative estimate of drug-likeness (QED) is 0.494. The molecule has 4 atom stereocenters. The van der Waals surface area contributed by atoms with E-state index in [9.17, 15) is 33.3 Å². The normalized spacial score (nSPS) is 28.7. The van der Waals surface area contributed by atoms with Crippen LogP contribution in [0.5, 0.6) is 0 Å². The van der Waals surface area contributed by atoms with Crippen molar-refractivity contribution in [3.8, 4) is 0 Å². The molecule has 1 fully saturated rings. The van der Waals surface area contributed by atoms with E-state index in [1.54, 1.807) is 6.92 Å². The summed E-state index contributed by atoms with van der Waals surface area (Å²) < 4.78 is 25.0. The zero-order chi connectivity index (χ0) is 17.5. The number of amides is 1. The van der Waals surface area contributed by atoms with Crippen LogP contribution >= 0.6 is 0 Å². The highest BCUT2D eigenvalue weighted by molar-refractivity contribution is 7.89. The highest BCUT2D eigenvalue weighted by Crippen LogP contribution is 2.27. The average Bonchev–Trinajstić information content (AvgIpc) is 2.48. The molecule has 1 aliphatic heterocycles. The number of piperidine rings is 1. The van der Waals surface area contributed by atoms with Gasteiger partial charge in [-0.25, -0.2) is 17.5 Å². The molecule has 4 N–H and O–H groups in total. The molecule has 0 radical (unpaired) electrons. The van der Waals surface area contributed by atoms with Crippen LogP contribution in [0.4, 0.5) is 0 Å². The van der Waals surface area contributed by atoms with Gasteiger partial charge < -0.3 is 20.4 Å². The molecule has 0 unspecified atom stereocenters. The van der Waals surface area contributed by atoms with Gasteiger partial charge in [-0.1, -0.05) is 17.7 Å². The molecule has 1 aliphatic rings. The van der Waals surface area contributed by atoms with Crippen LogP contribution in [-0.4, -0.2) is 69.4 Å². The number of benzene rings is 1. The third-order valence-corrected chi connectivity index (χ3v) is 5.34. The maximum Gasteiger partial charge on any atom is 0.330 e. The molecule has 0 aliphatic carbocycles. The Morgan fingerprint density at radius 3 is 2.09 bits per heavy atom. The predicted octanol–water partition coefficient (Wildman–Crippen LogP) is -1.94. The first-order chi connectivity index (χ1) is 10.6. The fraction of sp³-hybridized carbons (Fsp3) is 0.385. The number of carboxylic acids is 1. The molecule has 9 nitrogen and oxygen atoms in total. The lowest BCUT2D eigenvalue weighted by molar-refractivity contribution is -0.176. The predicted molar refractivity (Wildman–Crippen MR) is 74.7 cm³/mol. The standard InChI is InChI=1S/C13H15NO8S/c1-6-2-4-7(5-3-6)23(21,22)14-8(13(19)20)9(15)10(16)11(17)12(14)18/h2-5,8-11,15-17H,1H3,(H,19,20)/t8-,9-,10+,11+/m1/s1. The Morgan fingerprint density at radius 1 is 1.09 bits per heavy atom. The Bertz CT molecular complexity index is 729. The van der Waals surface area contributed by atoms with Crippen molar-refractivity contribution in [2.45, 2.75) is 36.2 Å². The molecule has 1 amide bonds. The summed E-state index contributed by atoms with van der Waals surface area (Å²) in [5, 5.41) is 38.0. The Kier molecular flexibility index (Phi) is 4.44. The molecule has 0 aromatic heterocycles. The molecule has 1 saturated heterocycles. The fourth-order valence-corrected chi connectivity index (χ4v) is 3.83. The van der Waals surface area contributed by atoms with E-state index in [1.807, 2.05) is 0 Å². The number of carbonyl (C=O) groups is 2. The topological polar surface area (TPSA) is 152 Å². The molecule has 1 heterocycles. The number of aliphatic carboxylic acids is 1. The van der Waals surface area contributed by atoms with Crippen LogP contribution in [-0.2, 0) is 19.6 Å². The molecular formula is C13H15NO8S. The van der Waals surface area contributed by atoms with Crippen molar-refractivity contribution in [2.24, 2.45) is 0 Å². The SMILES string of the molecule is Cc1ccc(S(=O)(=O)N2C(=O)[C@@H](O)[C@@H](O)[C@H](O)[C@@H]2C(=O)O)cc1. The first kappa shape index (κ1) is 17.3. The van der Waals surface area contributed by atoms with E-state index in [2.05, 4.69) is 0 Å². The van der Waals surface area contributed by atoms with Crippen molar-refractivity contribution in [2.75, 3.05) is 0 Å². The van der Waals surface area contributed by atoms with Crippen molar-refractivity contribution in [3.63, 3.8) is 0 Å². The Morgan fingerprint density at radius 2 is 1.61 bits per heavy atom. The molecule has 0 bridgehead atoms. The second-order valence-electron chi connectivity index (χ2n) is 5.16. The molecule has 126 valence electrons. The number of hydrogen-bond acceptors (Lipinski definition) is 7. The van der Waals surface area contributed by atoms with Crippen molar-refractivity contribution in [1.82, 2.24) is 4.31 Å². The minimum absolute atomic E-state index is 0.0952. The second-order valence-corrected chi connectivity index (χ2v) is 6.98. The Balaban J connectivity index is 2.58. The summed E-state index contributed by atoms with van der Waals surface area (Å²) in [7, 11) is -4.64.